The number of halogens is 1. The third kappa shape index (κ3) is 5.15. The third-order valence-electron chi connectivity index (χ3n) is 7.12. The minimum atomic E-state index is -1.47. The molecule has 0 spiro atoms. The second-order valence-corrected chi connectivity index (χ2v) is 10.3. The number of fused-ring (bicyclic) bond motifs is 1. The number of carbonyl (C=O) groups excluding carboxylic acids is 2. The topological polar surface area (TPSA) is 153 Å². The molecule has 1 aromatic heterocycles. The summed E-state index contributed by atoms with van der Waals surface area (Å²) < 4.78 is 20.6. The van der Waals surface area contributed by atoms with Gasteiger partial charge in [-0.25, -0.2) is 14.4 Å². The van der Waals surface area contributed by atoms with Crippen molar-refractivity contribution in [2.24, 2.45) is 0 Å². The minimum absolute atomic E-state index is 0.0678. The van der Waals surface area contributed by atoms with Gasteiger partial charge in [0.2, 0.25) is 11.9 Å². The number of benzene rings is 2. The van der Waals surface area contributed by atoms with Crippen LogP contribution in [0.3, 0.4) is 0 Å². The first-order chi connectivity index (χ1) is 19.1. The van der Waals surface area contributed by atoms with E-state index < -0.39 is 29.7 Å². The molecule has 2 aliphatic rings. The van der Waals surface area contributed by atoms with E-state index in [4.69, 9.17) is 4.74 Å². The third-order valence-corrected chi connectivity index (χ3v) is 7.12. The summed E-state index contributed by atoms with van der Waals surface area (Å²) in [7, 11) is 0. The summed E-state index contributed by atoms with van der Waals surface area (Å²) in [6.07, 6.45) is -1.95. The molecular weight excluding hydrogens is 517 g/mol. The summed E-state index contributed by atoms with van der Waals surface area (Å²) in [5.74, 6) is 0.198. The lowest BCUT2D eigenvalue weighted by atomic mass is 9.86. The Morgan fingerprint density at radius 3 is 2.83 bits per heavy atom. The van der Waals surface area contributed by atoms with Gasteiger partial charge in [0.1, 0.15) is 30.4 Å². The first-order valence-corrected chi connectivity index (χ1v) is 12.8. The molecule has 0 radical (unpaired) electrons. The number of rotatable bonds is 6. The number of nitrogens with zero attached hydrogens (tertiary/aromatic N) is 5. The largest absolute Gasteiger partial charge is 0.486 e. The van der Waals surface area contributed by atoms with Crippen molar-refractivity contribution < 1.29 is 23.8 Å². The van der Waals surface area contributed by atoms with Crippen molar-refractivity contribution in [1.29, 1.82) is 5.26 Å². The molecule has 5 rings (SSSR count). The highest BCUT2D eigenvalue weighted by atomic mass is 19.1. The van der Waals surface area contributed by atoms with E-state index >= 15 is 0 Å². The van der Waals surface area contributed by atoms with Crippen molar-refractivity contribution in [3.63, 3.8) is 0 Å². The van der Waals surface area contributed by atoms with Gasteiger partial charge in [-0.1, -0.05) is 6.07 Å². The summed E-state index contributed by atoms with van der Waals surface area (Å²) >= 11 is 0. The highest BCUT2D eigenvalue weighted by Gasteiger charge is 2.38. The number of aromatic nitrogens is 3. The SMILES string of the molecule is C[C@H](O)C(=O)N1CCC(Oc2ccc(-c3ncnc(Nc4ccc5c(c4)NC(=O)C5(C)C)n3)cc2C#N)[C@H](F)C1. The van der Waals surface area contributed by atoms with E-state index in [0.717, 1.165) is 11.3 Å². The van der Waals surface area contributed by atoms with E-state index in [-0.39, 0.29) is 42.7 Å². The summed E-state index contributed by atoms with van der Waals surface area (Å²) in [6.45, 7) is 5.13. The van der Waals surface area contributed by atoms with Crippen molar-refractivity contribution in [2.75, 3.05) is 23.7 Å². The average molecular weight is 546 g/mol. The van der Waals surface area contributed by atoms with Crippen molar-refractivity contribution in [3.05, 3.63) is 53.9 Å². The molecular formula is C28H28FN7O4. The molecule has 1 saturated heterocycles. The maximum atomic E-state index is 14.8. The van der Waals surface area contributed by atoms with Crippen molar-refractivity contribution >= 4 is 29.1 Å². The van der Waals surface area contributed by atoms with Gasteiger partial charge in [0.25, 0.3) is 5.91 Å². The normalized spacial score (nSPS) is 20.2. The fraction of sp³-hybridized carbons (Fsp3) is 0.357. The number of aliphatic hydroxyl groups excluding tert-OH is 1. The van der Waals surface area contributed by atoms with Crippen LogP contribution in [-0.2, 0) is 15.0 Å². The second-order valence-electron chi connectivity index (χ2n) is 10.3. The standard InChI is InChI=1S/C28H28FN7O4/c1-15(37)25(38)36-9-8-23(20(29)13-36)40-22-7-4-16(10-17(22)12-30)24-31-14-32-27(35-24)33-18-5-6-19-21(11-18)34-26(39)28(19,2)3/h4-7,10-11,14-15,20,23,37H,8-9,13H2,1-3H3,(H,34,39)(H,31,32,33,35)/t15-,20+,23?/m0/s1. The Labute approximate surface area is 230 Å². The number of aliphatic hydroxyl groups is 1. The Morgan fingerprint density at radius 2 is 2.10 bits per heavy atom. The highest BCUT2D eigenvalue weighted by Crippen LogP contribution is 2.39. The van der Waals surface area contributed by atoms with Gasteiger partial charge in [0, 0.05) is 29.9 Å². The summed E-state index contributed by atoms with van der Waals surface area (Å²) in [6, 6.07) is 12.4. The molecule has 0 bridgehead atoms. The number of anilines is 3. The molecule has 0 saturated carbocycles. The van der Waals surface area contributed by atoms with Gasteiger partial charge in [-0.2, -0.15) is 10.2 Å². The van der Waals surface area contributed by atoms with Crippen LogP contribution in [0.15, 0.2) is 42.7 Å². The molecule has 1 fully saturated rings. The molecule has 0 aliphatic carbocycles. The van der Waals surface area contributed by atoms with Crippen molar-refractivity contribution in [2.45, 2.75) is 51.0 Å². The Balaban J connectivity index is 1.30. The lowest BCUT2D eigenvalue weighted by Gasteiger charge is -2.35. The molecule has 11 nitrogen and oxygen atoms in total. The van der Waals surface area contributed by atoms with Crippen LogP contribution in [0.25, 0.3) is 11.4 Å². The van der Waals surface area contributed by atoms with Gasteiger partial charge in [-0.3, -0.25) is 9.59 Å². The zero-order valence-corrected chi connectivity index (χ0v) is 22.2. The molecule has 2 amide bonds. The first-order valence-electron chi connectivity index (χ1n) is 12.8. The van der Waals surface area contributed by atoms with E-state index in [1.54, 1.807) is 18.2 Å². The second kappa shape index (κ2) is 10.5. The highest BCUT2D eigenvalue weighted by molar-refractivity contribution is 6.06. The van der Waals surface area contributed by atoms with E-state index in [9.17, 15) is 24.3 Å². The number of alkyl halides is 1. The monoisotopic (exact) mass is 545 g/mol. The van der Waals surface area contributed by atoms with Crippen LogP contribution in [0.5, 0.6) is 5.75 Å². The fourth-order valence-electron chi connectivity index (χ4n) is 4.80. The number of carbonyl (C=O) groups is 2. The lowest BCUT2D eigenvalue weighted by Crippen LogP contribution is -2.51. The Hall–Kier alpha value is -4.63. The van der Waals surface area contributed by atoms with Gasteiger partial charge < -0.3 is 25.4 Å². The molecule has 3 atom stereocenters. The number of nitrogens with one attached hydrogen (secondary N) is 2. The molecule has 40 heavy (non-hydrogen) atoms. The van der Waals surface area contributed by atoms with E-state index in [0.29, 0.717) is 17.1 Å². The molecule has 3 heterocycles. The zero-order valence-electron chi connectivity index (χ0n) is 22.2. The van der Waals surface area contributed by atoms with Crippen LogP contribution in [0.4, 0.5) is 21.7 Å². The van der Waals surface area contributed by atoms with Crippen LogP contribution in [0.2, 0.25) is 0 Å². The average Bonchev–Trinajstić information content (AvgIpc) is 3.16. The fourth-order valence-corrected chi connectivity index (χ4v) is 4.80. The van der Waals surface area contributed by atoms with Crippen LogP contribution in [-0.4, -0.2) is 68.2 Å². The summed E-state index contributed by atoms with van der Waals surface area (Å²) in [5.41, 5.74) is 2.41. The molecule has 2 aromatic carbocycles. The number of piperidine rings is 1. The van der Waals surface area contributed by atoms with Gasteiger partial charge in [0.05, 0.1) is 17.5 Å². The maximum absolute atomic E-state index is 14.8. The molecule has 1 unspecified atom stereocenters. The Kier molecular flexibility index (Phi) is 7.08. The van der Waals surface area contributed by atoms with Crippen LogP contribution in [0.1, 0.15) is 38.3 Å². The number of hydrogen-bond donors (Lipinski definition) is 3. The number of likely N-dealkylation sites (tertiary alicyclic amines) is 1. The van der Waals surface area contributed by atoms with Crippen LogP contribution < -0.4 is 15.4 Å². The number of hydrogen-bond acceptors (Lipinski definition) is 9. The number of nitriles is 1. The van der Waals surface area contributed by atoms with Crippen LogP contribution >= 0.6 is 0 Å². The van der Waals surface area contributed by atoms with Crippen molar-refractivity contribution in [3.8, 4) is 23.2 Å². The van der Waals surface area contributed by atoms with Gasteiger partial charge in [-0.15, -0.1) is 0 Å². The van der Waals surface area contributed by atoms with Gasteiger partial charge in [0.15, 0.2) is 12.0 Å². The smallest absolute Gasteiger partial charge is 0.251 e. The first kappa shape index (κ1) is 27.0. The molecule has 2 aliphatic heterocycles. The number of ether oxygens (including phenoxy) is 1. The maximum Gasteiger partial charge on any atom is 0.251 e. The predicted octanol–water partition coefficient (Wildman–Crippen LogP) is 3.08. The van der Waals surface area contributed by atoms with E-state index in [1.165, 1.54) is 18.2 Å². The molecule has 206 valence electrons. The Morgan fingerprint density at radius 1 is 1.30 bits per heavy atom. The summed E-state index contributed by atoms with van der Waals surface area (Å²) in [4.78, 5) is 38.4. The van der Waals surface area contributed by atoms with E-state index in [1.807, 2.05) is 32.0 Å². The Bertz CT molecular complexity index is 1520. The van der Waals surface area contributed by atoms with Crippen LogP contribution in [0, 0.1) is 11.3 Å². The molecule has 3 N–H and O–H groups in total. The minimum Gasteiger partial charge on any atom is -0.486 e. The molecule has 12 heteroatoms. The summed E-state index contributed by atoms with van der Waals surface area (Å²) in [5, 5.41) is 25.2. The van der Waals surface area contributed by atoms with E-state index in [2.05, 4.69) is 31.7 Å². The van der Waals surface area contributed by atoms with Gasteiger partial charge in [-0.05, 0) is 56.7 Å². The predicted molar refractivity (Wildman–Crippen MR) is 144 cm³/mol. The van der Waals surface area contributed by atoms with Gasteiger partial charge >= 0.3 is 0 Å². The zero-order chi connectivity index (χ0) is 28.6. The quantitative estimate of drug-likeness (QED) is 0.424. The lowest BCUT2D eigenvalue weighted by molar-refractivity contribution is -0.143. The van der Waals surface area contributed by atoms with Crippen molar-refractivity contribution in [1.82, 2.24) is 19.9 Å². The molecule has 3 aromatic rings. The number of amides is 2.